The number of hydrogen-bond donors (Lipinski definition) is 0. The van der Waals surface area contributed by atoms with Gasteiger partial charge in [0.25, 0.3) is 0 Å². The lowest BCUT2D eigenvalue weighted by Crippen LogP contribution is -2.36. The smallest absolute Gasteiger partial charge is 0.302 e. The van der Waals surface area contributed by atoms with Gasteiger partial charge in [0.1, 0.15) is 6.61 Å². The number of hydrogen-bond acceptors (Lipinski definition) is 5. The molecule has 2 rings (SSSR count). The van der Waals surface area contributed by atoms with Crippen LogP contribution in [0, 0.1) is 0 Å². The van der Waals surface area contributed by atoms with E-state index in [4.69, 9.17) is 9.47 Å². The maximum atomic E-state index is 12.4. The highest BCUT2D eigenvalue weighted by Gasteiger charge is 2.33. The van der Waals surface area contributed by atoms with Gasteiger partial charge in [0.2, 0.25) is 9.84 Å². The number of carbonyl (C=O) groups excluding carboxylic acids is 1. The second-order valence-electron chi connectivity index (χ2n) is 4.78. The molecule has 20 heavy (non-hydrogen) atoms. The molecule has 1 heterocycles. The van der Waals surface area contributed by atoms with Crippen molar-refractivity contribution in [2.45, 2.75) is 42.6 Å². The van der Waals surface area contributed by atoms with Gasteiger partial charge in [-0.1, -0.05) is 18.2 Å². The summed E-state index contributed by atoms with van der Waals surface area (Å²) in [7, 11) is -3.50. The predicted octanol–water partition coefficient (Wildman–Crippen LogP) is 1.92. The first-order valence-electron chi connectivity index (χ1n) is 6.58. The summed E-state index contributed by atoms with van der Waals surface area (Å²) >= 11 is 0. The summed E-state index contributed by atoms with van der Waals surface area (Å²) in [5, 5.41) is 0. The monoisotopic (exact) mass is 298 g/mol. The van der Waals surface area contributed by atoms with Crippen molar-refractivity contribution in [2.24, 2.45) is 0 Å². The Morgan fingerprint density at radius 2 is 2.00 bits per heavy atom. The zero-order valence-electron chi connectivity index (χ0n) is 11.3. The van der Waals surface area contributed by atoms with Gasteiger partial charge >= 0.3 is 5.97 Å². The lowest BCUT2D eigenvalue weighted by molar-refractivity contribution is -0.147. The SMILES string of the molecule is CC(=O)OC[C@H]1CCC[C@H](S(=O)(=O)c2ccccc2)O1. The van der Waals surface area contributed by atoms with E-state index in [-0.39, 0.29) is 23.6 Å². The Morgan fingerprint density at radius 1 is 1.30 bits per heavy atom. The second kappa shape index (κ2) is 6.37. The van der Waals surface area contributed by atoms with Crippen LogP contribution in [0.4, 0.5) is 0 Å². The quantitative estimate of drug-likeness (QED) is 0.794. The minimum atomic E-state index is -3.50. The lowest BCUT2D eigenvalue weighted by atomic mass is 10.1. The molecule has 5 nitrogen and oxygen atoms in total. The molecule has 1 aliphatic heterocycles. The molecule has 6 heteroatoms. The van der Waals surface area contributed by atoms with Crippen LogP contribution < -0.4 is 0 Å². The van der Waals surface area contributed by atoms with Crippen LogP contribution in [-0.4, -0.2) is 32.5 Å². The van der Waals surface area contributed by atoms with Crippen LogP contribution in [-0.2, 0) is 24.1 Å². The molecule has 0 bridgehead atoms. The minimum Gasteiger partial charge on any atom is -0.463 e. The van der Waals surface area contributed by atoms with Gasteiger partial charge in [0.05, 0.1) is 11.0 Å². The van der Waals surface area contributed by atoms with Gasteiger partial charge in [-0.15, -0.1) is 0 Å². The Morgan fingerprint density at radius 3 is 2.65 bits per heavy atom. The Hall–Kier alpha value is -1.40. The average Bonchev–Trinajstić information content (AvgIpc) is 2.46. The van der Waals surface area contributed by atoms with Gasteiger partial charge in [0, 0.05) is 6.92 Å². The summed E-state index contributed by atoms with van der Waals surface area (Å²) in [5.41, 5.74) is -0.862. The molecule has 0 saturated carbocycles. The van der Waals surface area contributed by atoms with Crippen molar-refractivity contribution in [3.8, 4) is 0 Å². The number of benzene rings is 1. The van der Waals surface area contributed by atoms with E-state index >= 15 is 0 Å². The number of carbonyl (C=O) groups is 1. The highest BCUT2D eigenvalue weighted by Crippen LogP contribution is 2.27. The maximum Gasteiger partial charge on any atom is 0.302 e. The highest BCUT2D eigenvalue weighted by molar-refractivity contribution is 7.91. The van der Waals surface area contributed by atoms with Crippen molar-refractivity contribution >= 4 is 15.8 Å². The number of sulfone groups is 1. The fourth-order valence-electron chi connectivity index (χ4n) is 2.19. The molecule has 0 amide bonds. The van der Waals surface area contributed by atoms with Crippen molar-refractivity contribution in [1.82, 2.24) is 0 Å². The molecule has 0 unspecified atom stereocenters. The van der Waals surface area contributed by atoms with Crippen LogP contribution in [0.25, 0.3) is 0 Å². The molecule has 2 atom stereocenters. The van der Waals surface area contributed by atoms with Crippen molar-refractivity contribution in [3.05, 3.63) is 30.3 Å². The van der Waals surface area contributed by atoms with E-state index in [2.05, 4.69) is 0 Å². The Bertz CT molecular complexity index is 552. The molecule has 110 valence electrons. The summed E-state index contributed by atoms with van der Waals surface area (Å²) in [6.07, 6.45) is 1.56. The third-order valence-corrected chi connectivity index (χ3v) is 5.17. The van der Waals surface area contributed by atoms with Gasteiger partial charge in [-0.3, -0.25) is 4.79 Å². The number of ether oxygens (including phenoxy) is 2. The molecule has 1 aliphatic rings. The molecule has 0 aliphatic carbocycles. The Balaban J connectivity index is 2.07. The minimum absolute atomic E-state index is 0.107. The zero-order chi connectivity index (χ0) is 14.6. The molecule has 1 aromatic carbocycles. The highest BCUT2D eigenvalue weighted by atomic mass is 32.2. The first kappa shape index (κ1) is 15.0. The molecule has 0 aromatic heterocycles. The molecule has 1 saturated heterocycles. The molecule has 0 spiro atoms. The van der Waals surface area contributed by atoms with Crippen LogP contribution in [0.2, 0.25) is 0 Å². The summed E-state index contributed by atoms with van der Waals surface area (Å²) in [6.45, 7) is 1.43. The average molecular weight is 298 g/mol. The first-order valence-corrected chi connectivity index (χ1v) is 8.12. The van der Waals surface area contributed by atoms with E-state index in [1.807, 2.05) is 0 Å². The molecule has 0 N–H and O–H groups in total. The second-order valence-corrected chi connectivity index (χ2v) is 6.87. The summed E-state index contributed by atoms with van der Waals surface area (Å²) < 4.78 is 35.4. The molecule has 1 aromatic rings. The molecule has 1 fully saturated rings. The topological polar surface area (TPSA) is 69.7 Å². The fourth-order valence-corrected chi connectivity index (χ4v) is 3.81. The van der Waals surface area contributed by atoms with E-state index in [0.29, 0.717) is 12.8 Å². The number of esters is 1. The van der Waals surface area contributed by atoms with Crippen molar-refractivity contribution < 1.29 is 22.7 Å². The zero-order valence-corrected chi connectivity index (χ0v) is 12.1. The van der Waals surface area contributed by atoms with Crippen LogP contribution in [0.3, 0.4) is 0 Å². The van der Waals surface area contributed by atoms with Gasteiger partial charge in [-0.05, 0) is 31.4 Å². The first-order chi connectivity index (χ1) is 9.50. The van der Waals surface area contributed by atoms with Gasteiger partial charge in [-0.25, -0.2) is 8.42 Å². The van der Waals surface area contributed by atoms with Gasteiger partial charge < -0.3 is 9.47 Å². The third-order valence-electron chi connectivity index (χ3n) is 3.20. The molecular formula is C14H18O5S. The van der Waals surface area contributed by atoms with Crippen molar-refractivity contribution in [2.75, 3.05) is 6.61 Å². The van der Waals surface area contributed by atoms with Crippen molar-refractivity contribution in [3.63, 3.8) is 0 Å². The normalized spacial score (nSPS) is 23.2. The summed E-state index contributed by atoms with van der Waals surface area (Å²) in [5.74, 6) is -0.387. The summed E-state index contributed by atoms with van der Waals surface area (Å²) in [6, 6.07) is 8.27. The molecular weight excluding hydrogens is 280 g/mol. The van der Waals surface area contributed by atoms with E-state index in [1.165, 1.54) is 6.92 Å². The number of rotatable bonds is 4. The standard InChI is InChI=1S/C14H18O5S/c1-11(15)18-10-12-6-5-9-14(19-12)20(16,17)13-7-3-2-4-8-13/h2-4,7-8,12,14H,5-6,9-10H2,1H3/t12-,14+/m1/s1. The van der Waals surface area contributed by atoms with E-state index in [0.717, 1.165) is 6.42 Å². The van der Waals surface area contributed by atoms with Crippen LogP contribution >= 0.6 is 0 Å². The van der Waals surface area contributed by atoms with Gasteiger partial charge in [-0.2, -0.15) is 0 Å². The molecule has 0 radical (unpaired) electrons. The Kier molecular flexibility index (Phi) is 4.77. The van der Waals surface area contributed by atoms with Crippen LogP contribution in [0.15, 0.2) is 35.2 Å². The van der Waals surface area contributed by atoms with Gasteiger partial charge in [0.15, 0.2) is 5.44 Å². The van der Waals surface area contributed by atoms with Crippen LogP contribution in [0.5, 0.6) is 0 Å². The fraction of sp³-hybridized carbons (Fsp3) is 0.500. The largest absolute Gasteiger partial charge is 0.463 e. The maximum absolute atomic E-state index is 12.4. The predicted molar refractivity (Wildman–Crippen MR) is 72.8 cm³/mol. The van der Waals surface area contributed by atoms with E-state index < -0.39 is 15.3 Å². The van der Waals surface area contributed by atoms with E-state index in [1.54, 1.807) is 30.3 Å². The Labute approximate surface area is 118 Å². The van der Waals surface area contributed by atoms with Crippen LogP contribution in [0.1, 0.15) is 26.2 Å². The van der Waals surface area contributed by atoms with E-state index in [9.17, 15) is 13.2 Å². The van der Waals surface area contributed by atoms with Crippen molar-refractivity contribution in [1.29, 1.82) is 0 Å². The summed E-state index contributed by atoms with van der Waals surface area (Å²) in [4.78, 5) is 11.1. The lowest BCUT2D eigenvalue weighted by Gasteiger charge is -2.29. The third kappa shape index (κ3) is 3.58.